The minimum Gasteiger partial charge on any atom is -0.321 e. The summed E-state index contributed by atoms with van der Waals surface area (Å²) in [7, 11) is 0. The maximum atomic E-state index is 12.3. The summed E-state index contributed by atoms with van der Waals surface area (Å²) in [6.07, 6.45) is 0. The summed E-state index contributed by atoms with van der Waals surface area (Å²) < 4.78 is 0. The number of nitrogens with zero attached hydrogens (tertiary/aromatic N) is 1. The topological polar surface area (TPSA) is 72.2 Å². The molecule has 0 aliphatic rings. The van der Waals surface area contributed by atoms with E-state index in [1.807, 2.05) is 31.2 Å². The van der Waals surface area contributed by atoms with Crippen LogP contribution in [0.25, 0.3) is 0 Å². The molecule has 5 nitrogen and oxygen atoms in total. The number of carbonyl (C=O) groups excluding carboxylic acids is 1. The molecule has 0 aromatic heterocycles. The molecule has 2 aromatic carbocycles. The molecule has 114 valence electrons. The number of nitro benzene ring substituents is 1. The van der Waals surface area contributed by atoms with Gasteiger partial charge in [-0.25, -0.2) is 0 Å². The van der Waals surface area contributed by atoms with E-state index in [4.69, 9.17) is 0 Å². The monoisotopic (exact) mass is 316 g/mol. The van der Waals surface area contributed by atoms with Gasteiger partial charge in [-0.15, -0.1) is 11.8 Å². The van der Waals surface area contributed by atoms with Crippen molar-refractivity contribution in [2.75, 3.05) is 11.1 Å². The standard InChI is InChI=1S/C16H16N2O3S/c1-3-22-15-7-5-4-6-13(15)17-16(19)12-9-8-11(2)14(10-12)18(20)21/h4-10H,3H2,1-2H3,(H,17,19). The average Bonchev–Trinajstić information content (AvgIpc) is 2.49. The van der Waals surface area contributed by atoms with Crippen LogP contribution >= 0.6 is 11.8 Å². The summed E-state index contributed by atoms with van der Waals surface area (Å²) in [5.41, 5.74) is 1.46. The number of nitrogens with one attached hydrogen (secondary N) is 1. The Kier molecular flexibility index (Phi) is 5.16. The maximum Gasteiger partial charge on any atom is 0.273 e. The van der Waals surface area contributed by atoms with Gasteiger partial charge in [0.05, 0.1) is 10.6 Å². The van der Waals surface area contributed by atoms with E-state index >= 15 is 0 Å². The Balaban J connectivity index is 2.26. The second-order valence-corrected chi connectivity index (χ2v) is 5.95. The van der Waals surface area contributed by atoms with Gasteiger partial charge < -0.3 is 5.32 Å². The van der Waals surface area contributed by atoms with Crippen LogP contribution in [0.4, 0.5) is 11.4 Å². The maximum absolute atomic E-state index is 12.3. The molecule has 6 heteroatoms. The third kappa shape index (κ3) is 3.65. The number of rotatable bonds is 5. The van der Waals surface area contributed by atoms with Crippen molar-refractivity contribution in [2.45, 2.75) is 18.7 Å². The van der Waals surface area contributed by atoms with Crippen molar-refractivity contribution in [1.82, 2.24) is 0 Å². The van der Waals surface area contributed by atoms with E-state index in [0.29, 0.717) is 11.3 Å². The van der Waals surface area contributed by atoms with Crippen molar-refractivity contribution in [3.63, 3.8) is 0 Å². The Morgan fingerprint density at radius 3 is 2.68 bits per heavy atom. The number of carbonyl (C=O) groups is 1. The Morgan fingerprint density at radius 1 is 1.27 bits per heavy atom. The molecule has 0 aliphatic carbocycles. The molecular weight excluding hydrogens is 300 g/mol. The zero-order chi connectivity index (χ0) is 16.1. The lowest BCUT2D eigenvalue weighted by Crippen LogP contribution is -2.13. The van der Waals surface area contributed by atoms with Crippen LogP contribution in [-0.4, -0.2) is 16.6 Å². The smallest absolute Gasteiger partial charge is 0.273 e. The Bertz CT molecular complexity index is 716. The molecule has 0 fully saturated rings. The van der Waals surface area contributed by atoms with Crippen molar-refractivity contribution in [1.29, 1.82) is 0 Å². The molecule has 0 radical (unpaired) electrons. The second kappa shape index (κ2) is 7.09. The molecule has 0 bridgehead atoms. The molecule has 1 N–H and O–H groups in total. The van der Waals surface area contributed by atoms with Crippen molar-refractivity contribution < 1.29 is 9.72 Å². The van der Waals surface area contributed by atoms with Crippen LogP contribution in [-0.2, 0) is 0 Å². The molecule has 0 aliphatic heterocycles. The van der Waals surface area contributed by atoms with E-state index in [2.05, 4.69) is 5.32 Å². The molecule has 0 spiro atoms. The summed E-state index contributed by atoms with van der Waals surface area (Å²) >= 11 is 1.63. The van der Waals surface area contributed by atoms with Gasteiger partial charge >= 0.3 is 0 Å². The first-order valence-corrected chi connectivity index (χ1v) is 7.79. The summed E-state index contributed by atoms with van der Waals surface area (Å²) in [5.74, 6) is 0.537. The fraction of sp³-hybridized carbons (Fsp3) is 0.188. The number of anilines is 1. The number of para-hydroxylation sites is 1. The summed E-state index contributed by atoms with van der Waals surface area (Å²) in [6, 6.07) is 12.0. The van der Waals surface area contributed by atoms with Gasteiger partial charge in [0.2, 0.25) is 0 Å². The van der Waals surface area contributed by atoms with Crippen molar-refractivity contribution in [3.05, 3.63) is 63.7 Å². The highest BCUT2D eigenvalue weighted by Crippen LogP contribution is 2.27. The van der Waals surface area contributed by atoms with E-state index in [1.54, 1.807) is 30.8 Å². The first-order valence-electron chi connectivity index (χ1n) is 6.81. The van der Waals surface area contributed by atoms with Crippen LogP contribution in [0.1, 0.15) is 22.8 Å². The summed E-state index contributed by atoms with van der Waals surface area (Å²) in [6.45, 7) is 3.68. The summed E-state index contributed by atoms with van der Waals surface area (Å²) in [4.78, 5) is 23.8. The van der Waals surface area contributed by atoms with Crippen LogP contribution in [0, 0.1) is 17.0 Å². The molecule has 22 heavy (non-hydrogen) atoms. The largest absolute Gasteiger partial charge is 0.321 e. The lowest BCUT2D eigenvalue weighted by molar-refractivity contribution is -0.385. The van der Waals surface area contributed by atoms with E-state index in [-0.39, 0.29) is 17.2 Å². The van der Waals surface area contributed by atoms with Gasteiger partial charge in [-0.05, 0) is 30.9 Å². The fourth-order valence-electron chi connectivity index (χ4n) is 1.99. The highest BCUT2D eigenvalue weighted by atomic mass is 32.2. The highest BCUT2D eigenvalue weighted by molar-refractivity contribution is 7.99. The van der Waals surface area contributed by atoms with E-state index in [0.717, 1.165) is 10.6 Å². The lowest BCUT2D eigenvalue weighted by Gasteiger charge is -2.10. The van der Waals surface area contributed by atoms with Crippen LogP contribution in [0.2, 0.25) is 0 Å². The third-order valence-electron chi connectivity index (χ3n) is 3.10. The lowest BCUT2D eigenvalue weighted by atomic mass is 10.1. The molecule has 2 aromatic rings. The normalized spacial score (nSPS) is 10.3. The minimum absolute atomic E-state index is 0.0520. The van der Waals surface area contributed by atoms with Gasteiger partial charge in [0.1, 0.15) is 0 Å². The van der Waals surface area contributed by atoms with Crippen molar-refractivity contribution >= 4 is 29.0 Å². The van der Waals surface area contributed by atoms with E-state index in [1.165, 1.54) is 6.07 Å². The zero-order valence-corrected chi connectivity index (χ0v) is 13.1. The molecular formula is C16H16N2O3S. The second-order valence-electron chi connectivity index (χ2n) is 4.64. The van der Waals surface area contributed by atoms with Crippen molar-refractivity contribution in [3.8, 4) is 0 Å². The number of thioether (sulfide) groups is 1. The molecule has 0 unspecified atom stereocenters. The predicted octanol–water partition coefficient (Wildman–Crippen LogP) is 4.27. The third-order valence-corrected chi connectivity index (χ3v) is 4.06. The van der Waals surface area contributed by atoms with Crippen LogP contribution in [0.5, 0.6) is 0 Å². The number of nitro groups is 1. The van der Waals surface area contributed by atoms with Gasteiger partial charge in [-0.2, -0.15) is 0 Å². The Morgan fingerprint density at radius 2 is 2.00 bits per heavy atom. The highest BCUT2D eigenvalue weighted by Gasteiger charge is 2.15. The molecule has 2 rings (SSSR count). The Hall–Kier alpha value is -2.34. The van der Waals surface area contributed by atoms with Gasteiger partial charge in [0.15, 0.2) is 0 Å². The average molecular weight is 316 g/mol. The first-order chi connectivity index (χ1) is 10.5. The summed E-state index contributed by atoms with van der Waals surface area (Å²) in [5, 5.41) is 13.8. The van der Waals surface area contributed by atoms with E-state index < -0.39 is 4.92 Å². The van der Waals surface area contributed by atoms with Gasteiger partial charge in [-0.1, -0.05) is 25.1 Å². The zero-order valence-electron chi connectivity index (χ0n) is 12.3. The molecule has 1 amide bonds. The van der Waals surface area contributed by atoms with Gasteiger partial charge in [-0.3, -0.25) is 14.9 Å². The van der Waals surface area contributed by atoms with Gasteiger partial charge in [0, 0.05) is 22.1 Å². The van der Waals surface area contributed by atoms with Gasteiger partial charge in [0.25, 0.3) is 11.6 Å². The molecule has 0 atom stereocenters. The predicted molar refractivity (Wildman–Crippen MR) is 88.6 cm³/mol. The molecule has 0 heterocycles. The van der Waals surface area contributed by atoms with Crippen LogP contribution in [0.3, 0.4) is 0 Å². The Labute approximate surface area is 132 Å². The first kappa shape index (κ1) is 16.0. The van der Waals surface area contributed by atoms with Crippen LogP contribution in [0.15, 0.2) is 47.4 Å². The molecule has 0 saturated carbocycles. The minimum atomic E-state index is -0.479. The number of hydrogen-bond donors (Lipinski definition) is 1. The fourth-order valence-corrected chi connectivity index (χ4v) is 2.75. The van der Waals surface area contributed by atoms with E-state index in [9.17, 15) is 14.9 Å². The number of amides is 1. The number of aryl methyl sites for hydroxylation is 1. The SMILES string of the molecule is CCSc1ccccc1NC(=O)c1ccc(C)c([N+](=O)[O-])c1. The quantitative estimate of drug-likeness (QED) is 0.508. The number of benzene rings is 2. The molecule has 0 saturated heterocycles. The van der Waals surface area contributed by atoms with Crippen LogP contribution < -0.4 is 5.32 Å². The van der Waals surface area contributed by atoms with Crippen molar-refractivity contribution in [2.24, 2.45) is 0 Å². The number of hydrogen-bond acceptors (Lipinski definition) is 4.